The number of hydrogen-bond donors (Lipinski definition) is 2. The fourth-order valence-electron chi connectivity index (χ4n) is 3.00. The zero-order valence-electron chi connectivity index (χ0n) is 12.1. The molecule has 0 spiro atoms. The topological polar surface area (TPSA) is 66.6 Å². The Morgan fingerprint density at radius 3 is 2.50 bits per heavy atom. The van der Waals surface area contributed by atoms with Crippen LogP contribution in [0.2, 0.25) is 0 Å². The van der Waals surface area contributed by atoms with E-state index in [-0.39, 0.29) is 11.7 Å². The van der Waals surface area contributed by atoms with E-state index in [4.69, 9.17) is 5.73 Å². The van der Waals surface area contributed by atoms with E-state index in [1.165, 1.54) is 12.8 Å². The molecule has 4 nitrogen and oxygen atoms in total. The molecule has 0 aromatic heterocycles. The lowest BCUT2D eigenvalue weighted by Crippen LogP contribution is -2.48. The summed E-state index contributed by atoms with van der Waals surface area (Å²) < 4.78 is 0. The summed E-state index contributed by atoms with van der Waals surface area (Å²) in [6.07, 6.45) is 5.14. The summed E-state index contributed by atoms with van der Waals surface area (Å²) >= 11 is 0. The Balaban J connectivity index is 1.97. The Kier molecular flexibility index (Phi) is 5.01. The van der Waals surface area contributed by atoms with Crippen LogP contribution >= 0.6 is 0 Å². The number of amides is 1. The molecular formula is C16H24N2O2. The van der Waals surface area contributed by atoms with Crippen LogP contribution < -0.4 is 5.73 Å². The summed E-state index contributed by atoms with van der Waals surface area (Å²) in [7, 11) is 0. The molecule has 0 aliphatic heterocycles. The number of hydrogen-bond acceptors (Lipinski definition) is 3. The first kappa shape index (κ1) is 14.9. The minimum absolute atomic E-state index is 0.0486. The second-order valence-electron chi connectivity index (χ2n) is 5.54. The van der Waals surface area contributed by atoms with Crippen LogP contribution in [0.4, 0.5) is 0 Å². The molecule has 1 atom stereocenters. The van der Waals surface area contributed by atoms with Crippen molar-refractivity contribution in [1.29, 1.82) is 0 Å². The number of likely N-dealkylation sites (N-methyl/N-ethyl adjacent to an activating group) is 1. The molecule has 0 saturated heterocycles. The van der Waals surface area contributed by atoms with Gasteiger partial charge in [0.15, 0.2) is 0 Å². The van der Waals surface area contributed by atoms with Crippen molar-refractivity contribution in [2.24, 2.45) is 5.73 Å². The highest BCUT2D eigenvalue weighted by molar-refractivity contribution is 5.82. The van der Waals surface area contributed by atoms with Gasteiger partial charge in [0.1, 0.15) is 5.75 Å². The molecule has 2 rings (SSSR count). The molecule has 1 aliphatic carbocycles. The van der Waals surface area contributed by atoms with Gasteiger partial charge in [-0.15, -0.1) is 0 Å². The third-order valence-corrected chi connectivity index (χ3v) is 4.10. The number of nitrogens with two attached hydrogens (primary N) is 1. The van der Waals surface area contributed by atoms with Crippen molar-refractivity contribution in [1.82, 2.24) is 4.90 Å². The smallest absolute Gasteiger partial charge is 0.240 e. The molecule has 0 heterocycles. The number of aromatic hydroxyl groups is 1. The van der Waals surface area contributed by atoms with Gasteiger partial charge in [0.05, 0.1) is 6.04 Å². The van der Waals surface area contributed by atoms with Crippen LogP contribution in [0.15, 0.2) is 24.3 Å². The molecule has 4 heteroatoms. The van der Waals surface area contributed by atoms with E-state index in [1.807, 2.05) is 24.0 Å². The molecule has 1 saturated carbocycles. The first-order valence-electron chi connectivity index (χ1n) is 7.45. The summed E-state index contributed by atoms with van der Waals surface area (Å²) in [6.45, 7) is 2.75. The lowest BCUT2D eigenvalue weighted by atomic mass is 10.0. The zero-order chi connectivity index (χ0) is 14.5. The molecule has 0 radical (unpaired) electrons. The average Bonchev–Trinajstić information content (AvgIpc) is 2.96. The van der Waals surface area contributed by atoms with E-state index in [0.29, 0.717) is 12.5 Å². The van der Waals surface area contributed by atoms with Crippen molar-refractivity contribution in [3.05, 3.63) is 29.8 Å². The Labute approximate surface area is 120 Å². The van der Waals surface area contributed by atoms with Crippen LogP contribution in [-0.2, 0) is 11.2 Å². The van der Waals surface area contributed by atoms with Gasteiger partial charge in [-0.2, -0.15) is 0 Å². The van der Waals surface area contributed by atoms with E-state index in [0.717, 1.165) is 24.9 Å². The van der Waals surface area contributed by atoms with Crippen molar-refractivity contribution in [3.8, 4) is 5.75 Å². The second-order valence-corrected chi connectivity index (χ2v) is 5.54. The van der Waals surface area contributed by atoms with Gasteiger partial charge in [0.2, 0.25) is 5.91 Å². The van der Waals surface area contributed by atoms with Gasteiger partial charge < -0.3 is 15.7 Å². The minimum atomic E-state index is -0.500. The van der Waals surface area contributed by atoms with Crippen LogP contribution in [0, 0.1) is 0 Å². The average molecular weight is 276 g/mol. The highest BCUT2D eigenvalue weighted by atomic mass is 16.3. The normalized spacial score (nSPS) is 17.1. The lowest BCUT2D eigenvalue weighted by molar-refractivity contribution is -0.134. The number of nitrogens with zero attached hydrogens (tertiary/aromatic N) is 1. The zero-order valence-corrected chi connectivity index (χ0v) is 12.1. The van der Waals surface area contributed by atoms with E-state index in [9.17, 15) is 9.90 Å². The predicted molar refractivity (Wildman–Crippen MR) is 79.4 cm³/mol. The summed E-state index contributed by atoms with van der Waals surface area (Å²) in [6, 6.07) is 6.75. The molecule has 1 aromatic rings. The maximum Gasteiger partial charge on any atom is 0.240 e. The summed E-state index contributed by atoms with van der Waals surface area (Å²) in [5.41, 5.74) is 7.06. The number of phenols is 1. The lowest BCUT2D eigenvalue weighted by Gasteiger charge is -2.30. The van der Waals surface area contributed by atoms with E-state index in [2.05, 4.69) is 0 Å². The van der Waals surface area contributed by atoms with Gasteiger partial charge in [-0.3, -0.25) is 4.79 Å². The van der Waals surface area contributed by atoms with Crippen molar-refractivity contribution in [2.45, 2.75) is 51.1 Å². The Morgan fingerprint density at radius 2 is 1.95 bits per heavy atom. The maximum absolute atomic E-state index is 12.5. The van der Waals surface area contributed by atoms with E-state index in [1.54, 1.807) is 12.1 Å². The van der Waals surface area contributed by atoms with Gasteiger partial charge in [-0.1, -0.05) is 25.0 Å². The van der Waals surface area contributed by atoms with Crippen LogP contribution in [0.3, 0.4) is 0 Å². The highest BCUT2D eigenvalue weighted by Crippen LogP contribution is 2.24. The number of benzene rings is 1. The Morgan fingerprint density at radius 1 is 1.35 bits per heavy atom. The third-order valence-electron chi connectivity index (χ3n) is 4.10. The molecule has 1 aliphatic rings. The van der Waals surface area contributed by atoms with Crippen LogP contribution in [0.1, 0.15) is 38.2 Å². The fourth-order valence-corrected chi connectivity index (χ4v) is 3.00. The molecule has 1 fully saturated rings. The number of carbonyl (C=O) groups is 1. The van der Waals surface area contributed by atoms with Gasteiger partial charge in [-0.25, -0.2) is 0 Å². The monoisotopic (exact) mass is 276 g/mol. The van der Waals surface area contributed by atoms with Gasteiger partial charge in [0.25, 0.3) is 0 Å². The van der Waals surface area contributed by atoms with Crippen molar-refractivity contribution < 1.29 is 9.90 Å². The molecule has 0 unspecified atom stereocenters. The molecule has 1 amide bonds. The molecule has 1 aromatic carbocycles. The van der Waals surface area contributed by atoms with Crippen LogP contribution in [0.5, 0.6) is 5.75 Å². The van der Waals surface area contributed by atoms with E-state index < -0.39 is 6.04 Å². The molecule has 20 heavy (non-hydrogen) atoms. The minimum Gasteiger partial charge on any atom is -0.508 e. The SMILES string of the molecule is CCN(C(=O)[C@@H](N)Cc1ccc(O)cc1)C1CCCC1. The predicted octanol–water partition coefficient (Wildman–Crippen LogP) is 2.05. The van der Waals surface area contributed by atoms with Gasteiger partial charge in [-0.05, 0) is 43.9 Å². The largest absolute Gasteiger partial charge is 0.508 e. The molecule has 3 N–H and O–H groups in total. The highest BCUT2D eigenvalue weighted by Gasteiger charge is 2.28. The molecule has 0 bridgehead atoms. The first-order valence-corrected chi connectivity index (χ1v) is 7.45. The summed E-state index contributed by atoms with van der Waals surface area (Å²) in [5.74, 6) is 0.280. The van der Waals surface area contributed by atoms with Gasteiger partial charge in [0, 0.05) is 12.6 Å². The number of phenolic OH excluding ortho intramolecular Hbond substituents is 1. The fraction of sp³-hybridized carbons (Fsp3) is 0.562. The first-order chi connectivity index (χ1) is 9.61. The van der Waals surface area contributed by atoms with Crippen molar-refractivity contribution in [2.75, 3.05) is 6.54 Å². The van der Waals surface area contributed by atoms with Crippen molar-refractivity contribution >= 4 is 5.91 Å². The summed E-state index contributed by atoms with van der Waals surface area (Å²) in [4.78, 5) is 14.4. The third kappa shape index (κ3) is 3.51. The maximum atomic E-state index is 12.5. The standard InChI is InChI=1S/C16H24N2O2/c1-2-18(13-5-3-4-6-13)16(20)15(17)11-12-7-9-14(19)10-8-12/h7-10,13,15,19H,2-6,11,17H2,1H3/t15-/m0/s1. The number of carbonyl (C=O) groups excluding carboxylic acids is 1. The second kappa shape index (κ2) is 6.75. The molecule has 110 valence electrons. The Hall–Kier alpha value is -1.55. The summed E-state index contributed by atoms with van der Waals surface area (Å²) in [5, 5.41) is 9.26. The quantitative estimate of drug-likeness (QED) is 0.865. The molecular weight excluding hydrogens is 252 g/mol. The number of rotatable bonds is 5. The van der Waals surface area contributed by atoms with Crippen LogP contribution in [-0.4, -0.2) is 34.5 Å². The van der Waals surface area contributed by atoms with Crippen molar-refractivity contribution in [3.63, 3.8) is 0 Å². The van der Waals surface area contributed by atoms with Crippen LogP contribution in [0.25, 0.3) is 0 Å². The Bertz CT molecular complexity index is 438. The van der Waals surface area contributed by atoms with E-state index >= 15 is 0 Å². The van der Waals surface area contributed by atoms with Gasteiger partial charge >= 0.3 is 0 Å².